The molecule has 1 aromatic carbocycles. The Kier molecular flexibility index (Phi) is 6.67. The molecular formula is C17H26N2O4. The molecule has 1 amide bonds. The van der Waals surface area contributed by atoms with Gasteiger partial charge in [0, 0.05) is 19.1 Å². The summed E-state index contributed by atoms with van der Waals surface area (Å²) in [4.78, 5) is 12.0. The molecule has 0 spiro atoms. The normalized spacial score (nSPS) is 16.6. The predicted molar refractivity (Wildman–Crippen MR) is 87.9 cm³/mol. The van der Waals surface area contributed by atoms with E-state index in [1.54, 1.807) is 38.5 Å². The molecule has 6 heteroatoms. The van der Waals surface area contributed by atoms with Crippen molar-refractivity contribution in [2.75, 3.05) is 47.1 Å². The van der Waals surface area contributed by atoms with E-state index in [1.165, 1.54) is 0 Å². The van der Waals surface area contributed by atoms with Crippen molar-refractivity contribution >= 4 is 5.91 Å². The van der Waals surface area contributed by atoms with Gasteiger partial charge in [-0.05, 0) is 50.2 Å². The number of amides is 1. The first-order valence-electron chi connectivity index (χ1n) is 7.91. The largest absolute Gasteiger partial charge is 0.497 e. The molecule has 1 heterocycles. The van der Waals surface area contributed by atoms with Crippen molar-refractivity contribution in [3.8, 4) is 11.5 Å². The molecule has 1 aromatic rings. The zero-order chi connectivity index (χ0) is 16.5. The minimum atomic E-state index is -0.116. The number of hydrogen-bond donors (Lipinski definition) is 2. The van der Waals surface area contributed by atoms with Gasteiger partial charge in [-0.2, -0.15) is 0 Å². The van der Waals surface area contributed by atoms with Crippen LogP contribution in [-0.2, 0) is 9.53 Å². The van der Waals surface area contributed by atoms with E-state index >= 15 is 0 Å². The van der Waals surface area contributed by atoms with Crippen LogP contribution in [0.3, 0.4) is 0 Å². The van der Waals surface area contributed by atoms with Crippen molar-refractivity contribution in [3.05, 3.63) is 24.3 Å². The lowest BCUT2D eigenvalue weighted by atomic mass is 9.79. The molecule has 0 bridgehead atoms. The van der Waals surface area contributed by atoms with Gasteiger partial charge >= 0.3 is 0 Å². The average Bonchev–Trinajstić information content (AvgIpc) is 2.60. The van der Waals surface area contributed by atoms with Crippen LogP contribution in [-0.4, -0.2) is 53.0 Å². The molecule has 128 valence electrons. The molecule has 1 fully saturated rings. The summed E-state index contributed by atoms with van der Waals surface area (Å²) >= 11 is 0. The molecule has 2 N–H and O–H groups in total. The Balaban J connectivity index is 1.76. The molecule has 1 aliphatic rings. The Morgan fingerprint density at radius 2 is 1.83 bits per heavy atom. The van der Waals surface area contributed by atoms with Crippen LogP contribution >= 0.6 is 0 Å². The fourth-order valence-corrected chi connectivity index (χ4v) is 2.79. The fraction of sp³-hybridized carbons (Fsp3) is 0.588. The molecule has 0 saturated carbocycles. The number of ether oxygens (including phenoxy) is 3. The second-order valence-corrected chi connectivity index (χ2v) is 5.92. The lowest BCUT2D eigenvalue weighted by Gasteiger charge is -2.37. The summed E-state index contributed by atoms with van der Waals surface area (Å²) in [5.74, 6) is 1.29. The van der Waals surface area contributed by atoms with Gasteiger partial charge in [-0.15, -0.1) is 0 Å². The molecule has 2 rings (SSSR count). The smallest absolute Gasteiger partial charge is 0.257 e. The second kappa shape index (κ2) is 8.74. The molecule has 0 atom stereocenters. The second-order valence-electron chi connectivity index (χ2n) is 5.92. The first-order valence-corrected chi connectivity index (χ1v) is 7.91. The summed E-state index contributed by atoms with van der Waals surface area (Å²) in [5.41, 5.74) is 0.0236. The van der Waals surface area contributed by atoms with E-state index < -0.39 is 0 Å². The number of nitrogens with one attached hydrogen (secondary N) is 2. The molecule has 1 aliphatic heterocycles. The number of methoxy groups -OCH3 is 2. The Bertz CT molecular complexity index is 478. The zero-order valence-electron chi connectivity index (χ0n) is 13.9. The number of hydrogen-bond acceptors (Lipinski definition) is 5. The molecule has 0 unspecified atom stereocenters. The average molecular weight is 322 g/mol. The summed E-state index contributed by atoms with van der Waals surface area (Å²) in [6, 6.07) is 7.17. The number of benzene rings is 1. The van der Waals surface area contributed by atoms with Crippen LogP contribution < -0.4 is 20.1 Å². The third-order valence-electron chi connectivity index (χ3n) is 4.20. The van der Waals surface area contributed by atoms with Crippen LogP contribution in [0.25, 0.3) is 0 Å². The van der Waals surface area contributed by atoms with Crippen molar-refractivity contribution in [2.24, 2.45) is 5.41 Å². The first kappa shape index (κ1) is 17.6. The van der Waals surface area contributed by atoms with Crippen LogP contribution in [0.5, 0.6) is 11.5 Å². The van der Waals surface area contributed by atoms with E-state index in [2.05, 4.69) is 10.6 Å². The highest BCUT2D eigenvalue weighted by Crippen LogP contribution is 2.28. The Hall–Kier alpha value is -1.79. The minimum absolute atomic E-state index is 0.00758. The van der Waals surface area contributed by atoms with Crippen molar-refractivity contribution < 1.29 is 19.0 Å². The maximum atomic E-state index is 12.0. The van der Waals surface area contributed by atoms with Gasteiger partial charge in [0.2, 0.25) is 0 Å². The van der Waals surface area contributed by atoms with Gasteiger partial charge in [0.25, 0.3) is 5.91 Å². The van der Waals surface area contributed by atoms with E-state index in [4.69, 9.17) is 14.2 Å². The van der Waals surface area contributed by atoms with Crippen molar-refractivity contribution in [1.29, 1.82) is 0 Å². The topological polar surface area (TPSA) is 68.8 Å². The highest BCUT2D eigenvalue weighted by Gasteiger charge is 2.32. The van der Waals surface area contributed by atoms with Crippen LogP contribution in [0.15, 0.2) is 24.3 Å². The Morgan fingerprint density at radius 1 is 1.17 bits per heavy atom. The van der Waals surface area contributed by atoms with E-state index in [1.807, 2.05) is 0 Å². The molecular weight excluding hydrogens is 296 g/mol. The van der Waals surface area contributed by atoms with E-state index in [0.29, 0.717) is 18.9 Å². The summed E-state index contributed by atoms with van der Waals surface area (Å²) in [5, 5.41) is 6.31. The highest BCUT2D eigenvalue weighted by molar-refractivity contribution is 5.77. The molecule has 0 aliphatic carbocycles. The molecule has 6 nitrogen and oxygen atoms in total. The third kappa shape index (κ3) is 5.41. The number of piperidine rings is 1. The van der Waals surface area contributed by atoms with Gasteiger partial charge in [0.15, 0.2) is 6.61 Å². The van der Waals surface area contributed by atoms with Crippen LogP contribution in [0.1, 0.15) is 12.8 Å². The van der Waals surface area contributed by atoms with Gasteiger partial charge in [-0.1, -0.05) is 0 Å². The third-order valence-corrected chi connectivity index (χ3v) is 4.20. The summed E-state index contributed by atoms with van der Waals surface area (Å²) in [6.07, 6.45) is 2.00. The number of rotatable bonds is 8. The minimum Gasteiger partial charge on any atom is -0.497 e. The highest BCUT2D eigenvalue weighted by atomic mass is 16.5. The monoisotopic (exact) mass is 322 g/mol. The number of carbonyl (C=O) groups is 1. The predicted octanol–water partition coefficient (Wildman–Crippen LogP) is 1.21. The van der Waals surface area contributed by atoms with Gasteiger partial charge in [0.05, 0.1) is 13.7 Å². The van der Waals surface area contributed by atoms with Gasteiger partial charge < -0.3 is 24.8 Å². The molecule has 0 aromatic heterocycles. The van der Waals surface area contributed by atoms with Crippen LogP contribution in [0, 0.1) is 5.41 Å². The zero-order valence-corrected chi connectivity index (χ0v) is 13.9. The van der Waals surface area contributed by atoms with Gasteiger partial charge in [-0.25, -0.2) is 0 Å². The Labute approximate surface area is 137 Å². The standard InChI is InChI=1S/C17H26N2O4/c1-21-13-17(7-9-18-10-8-17)12-19-16(20)11-23-15-5-3-14(22-2)4-6-15/h3-6,18H,7-13H2,1-2H3,(H,19,20). The summed E-state index contributed by atoms with van der Waals surface area (Å²) in [6.45, 7) is 3.21. The maximum absolute atomic E-state index is 12.0. The first-order chi connectivity index (χ1) is 11.2. The summed E-state index contributed by atoms with van der Waals surface area (Å²) < 4.78 is 15.9. The maximum Gasteiger partial charge on any atom is 0.257 e. The van der Waals surface area contributed by atoms with E-state index in [0.717, 1.165) is 31.7 Å². The van der Waals surface area contributed by atoms with Gasteiger partial charge in [0.1, 0.15) is 11.5 Å². The van der Waals surface area contributed by atoms with E-state index in [9.17, 15) is 4.79 Å². The number of carbonyl (C=O) groups excluding carboxylic acids is 1. The van der Waals surface area contributed by atoms with Gasteiger partial charge in [-0.3, -0.25) is 4.79 Å². The quantitative estimate of drug-likeness (QED) is 0.753. The fourth-order valence-electron chi connectivity index (χ4n) is 2.79. The van der Waals surface area contributed by atoms with Crippen molar-refractivity contribution in [2.45, 2.75) is 12.8 Å². The molecule has 1 saturated heterocycles. The lowest BCUT2D eigenvalue weighted by molar-refractivity contribution is -0.124. The van der Waals surface area contributed by atoms with Crippen LogP contribution in [0.2, 0.25) is 0 Å². The SMILES string of the molecule is COCC1(CNC(=O)COc2ccc(OC)cc2)CCNCC1. The van der Waals surface area contributed by atoms with Crippen molar-refractivity contribution in [3.63, 3.8) is 0 Å². The van der Waals surface area contributed by atoms with E-state index in [-0.39, 0.29) is 17.9 Å². The lowest BCUT2D eigenvalue weighted by Crippen LogP contribution is -2.47. The van der Waals surface area contributed by atoms with Crippen LogP contribution in [0.4, 0.5) is 0 Å². The van der Waals surface area contributed by atoms with Crippen molar-refractivity contribution in [1.82, 2.24) is 10.6 Å². The molecule has 0 radical (unpaired) electrons. The Morgan fingerprint density at radius 3 is 2.43 bits per heavy atom. The summed E-state index contributed by atoms with van der Waals surface area (Å²) in [7, 11) is 3.32. The molecule has 23 heavy (non-hydrogen) atoms.